The maximum absolute atomic E-state index is 6.40. The molecule has 5 heteroatoms. The highest BCUT2D eigenvalue weighted by molar-refractivity contribution is 7.26. The van der Waals surface area contributed by atoms with E-state index in [1.165, 1.54) is 52.5 Å². The van der Waals surface area contributed by atoms with Gasteiger partial charge in [-0.05, 0) is 57.9 Å². The minimum absolute atomic E-state index is 0.626. The Morgan fingerprint density at radius 2 is 1.15 bits per heavy atom. The minimum atomic E-state index is 0.626. The number of rotatable bonds is 2. The molecule has 0 aliphatic carbocycles. The van der Waals surface area contributed by atoms with E-state index >= 15 is 0 Å². The lowest BCUT2D eigenvalue weighted by atomic mass is 9.96. The van der Waals surface area contributed by atoms with Crippen molar-refractivity contribution in [1.82, 2.24) is 14.5 Å². The van der Waals surface area contributed by atoms with Crippen LogP contribution in [0.1, 0.15) is 0 Å². The van der Waals surface area contributed by atoms with Crippen LogP contribution in [-0.4, -0.2) is 14.5 Å². The molecule has 4 aromatic heterocycles. The highest BCUT2D eigenvalue weighted by Gasteiger charge is 2.22. The molecule has 0 aliphatic rings. The standard InChI is InChI=1S/C42H23N3OS/c1-2-10-24(11-3-1)39-41-40(30-13-5-8-16-34(30)46-41)44-42(43-39)45-32-15-7-4-12-29(32)37-27-18-19-28-26(25(27)20-22-33(37)45)21-23-36-38(28)31-14-6-9-17-35(31)47-36/h1-23H. The van der Waals surface area contributed by atoms with Gasteiger partial charge >= 0.3 is 0 Å². The number of benzene rings is 7. The van der Waals surface area contributed by atoms with Crippen molar-refractivity contribution in [2.24, 2.45) is 0 Å². The van der Waals surface area contributed by atoms with E-state index in [9.17, 15) is 0 Å². The van der Waals surface area contributed by atoms with Gasteiger partial charge in [-0.25, -0.2) is 9.97 Å². The zero-order valence-corrected chi connectivity index (χ0v) is 25.8. The third-order valence-corrected chi connectivity index (χ3v) is 10.8. The fourth-order valence-corrected chi connectivity index (χ4v) is 8.72. The molecule has 0 spiro atoms. The zero-order chi connectivity index (χ0) is 30.6. The Bertz CT molecular complexity index is 3080. The number of furan rings is 1. The Morgan fingerprint density at radius 3 is 2.02 bits per heavy atom. The van der Waals surface area contributed by atoms with Gasteiger partial charge in [-0.3, -0.25) is 4.57 Å². The third kappa shape index (κ3) is 3.41. The second kappa shape index (κ2) is 9.25. The number of thiophene rings is 1. The quantitative estimate of drug-likeness (QED) is 0.181. The van der Waals surface area contributed by atoms with Crippen LogP contribution in [0, 0.1) is 0 Å². The Hall–Kier alpha value is -6.04. The second-order valence-corrected chi connectivity index (χ2v) is 13.2. The maximum atomic E-state index is 6.40. The molecule has 0 amide bonds. The molecule has 0 radical (unpaired) electrons. The molecule has 47 heavy (non-hydrogen) atoms. The first-order valence-corrected chi connectivity index (χ1v) is 16.6. The van der Waals surface area contributed by atoms with Crippen LogP contribution in [0.4, 0.5) is 0 Å². The van der Waals surface area contributed by atoms with Gasteiger partial charge in [0.2, 0.25) is 5.95 Å². The highest BCUT2D eigenvalue weighted by atomic mass is 32.1. The first-order chi connectivity index (χ1) is 23.3. The van der Waals surface area contributed by atoms with E-state index in [0.29, 0.717) is 11.5 Å². The van der Waals surface area contributed by atoms with E-state index in [1.807, 2.05) is 47.7 Å². The molecule has 0 bridgehead atoms. The molecular formula is C42H23N3OS. The maximum Gasteiger partial charge on any atom is 0.236 e. The van der Waals surface area contributed by atoms with Crippen LogP contribution in [0.2, 0.25) is 0 Å². The number of hydrogen-bond acceptors (Lipinski definition) is 4. The first-order valence-electron chi connectivity index (χ1n) is 15.8. The van der Waals surface area contributed by atoms with Gasteiger partial charge in [0.05, 0.1) is 11.0 Å². The predicted octanol–water partition coefficient (Wildman–Crippen LogP) is 11.8. The third-order valence-electron chi connectivity index (χ3n) is 9.62. The number of hydrogen-bond donors (Lipinski definition) is 0. The number of aromatic nitrogens is 3. The number of para-hydroxylation sites is 2. The van der Waals surface area contributed by atoms with Crippen molar-refractivity contribution < 1.29 is 4.42 Å². The lowest BCUT2D eigenvalue weighted by Crippen LogP contribution is -2.02. The Balaban J connectivity index is 1.26. The molecule has 4 nitrogen and oxygen atoms in total. The molecule has 7 aromatic carbocycles. The van der Waals surface area contributed by atoms with E-state index < -0.39 is 0 Å². The van der Waals surface area contributed by atoms with E-state index in [4.69, 9.17) is 14.4 Å². The normalized spacial score (nSPS) is 12.3. The van der Waals surface area contributed by atoms with Crippen molar-refractivity contribution in [2.75, 3.05) is 0 Å². The monoisotopic (exact) mass is 617 g/mol. The first kappa shape index (κ1) is 25.2. The lowest BCUT2D eigenvalue weighted by Gasteiger charge is -2.10. The SMILES string of the molecule is c1ccc(-c2nc(-n3c4ccccc4c4c5ccc6c(ccc7sc8ccccc8c76)c5ccc43)nc3c2oc2ccccc23)cc1. The van der Waals surface area contributed by atoms with Crippen LogP contribution in [0.3, 0.4) is 0 Å². The van der Waals surface area contributed by atoms with Gasteiger partial charge in [0.1, 0.15) is 16.8 Å². The molecule has 0 atom stereocenters. The van der Waals surface area contributed by atoms with Crippen LogP contribution in [0.5, 0.6) is 0 Å². The van der Waals surface area contributed by atoms with Crippen LogP contribution in [-0.2, 0) is 0 Å². The summed E-state index contributed by atoms with van der Waals surface area (Å²) >= 11 is 1.86. The lowest BCUT2D eigenvalue weighted by molar-refractivity contribution is 0.666. The summed E-state index contributed by atoms with van der Waals surface area (Å²) in [7, 11) is 0. The molecule has 0 fully saturated rings. The van der Waals surface area contributed by atoms with Crippen molar-refractivity contribution in [3.05, 3.63) is 140 Å². The van der Waals surface area contributed by atoms with Gasteiger partial charge in [0.25, 0.3) is 0 Å². The van der Waals surface area contributed by atoms with Gasteiger partial charge < -0.3 is 4.42 Å². The minimum Gasteiger partial charge on any atom is -0.452 e. The summed E-state index contributed by atoms with van der Waals surface area (Å²) in [5.41, 5.74) is 6.24. The molecule has 0 N–H and O–H groups in total. The van der Waals surface area contributed by atoms with Crippen LogP contribution >= 0.6 is 11.3 Å². The molecule has 0 saturated carbocycles. The summed E-state index contributed by atoms with van der Waals surface area (Å²) in [4.78, 5) is 10.5. The fourth-order valence-electron chi connectivity index (χ4n) is 7.60. The molecular weight excluding hydrogens is 595 g/mol. The van der Waals surface area contributed by atoms with Crippen molar-refractivity contribution in [3.63, 3.8) is 0 Å². The number of nitrogens with zero attached hydrogens (tertiary/aromatic N) is 3. The predicted molar refractivity (Wildman–Crippen MR) is 197 cm³/mol. The Morgan fingerprint density at radius 1 is 0.468 bits per heavy atom. The molecule has 218 valence electrons. The molecule has 11 rings (SSSR count). The van der Waals surface area contributed by atoms with E-state index in [0.717, 1.165) is 38.8 Å². The van der Waals surface area contributed by atoms with Crippen molar-refractivity contribution in [1.29, 1.82) is 0 Å². The van der Waals surface area contributed by atoms with Crippen LogP contribution in [0.25, 0.3) is 103 Å². The topological polar surface area (TPSA) is 43.9 Å². The smallest absolute Gasteiger partial charge is 0.236 e. The zero-order valence-electron chi connectivity index (χ0n) is 24.9. The largest absolute Gasteiger partial charge is 0.452 e. The summed E-state index contributed by atoms with van der Waals surface area (Å²) in [5, 5.41) is 11.1. The van der Waals surface area contributed by atoms with Crippen LogP contribution < -0.4 is 0 Å². The van der Waals surface area contributed by atoms with Crippen molar-refractivity contribution in [2.45, 2.75) is 0 Å². The summed E-state index contributed by atoms with van der Waals surface area (Å²) in [6.45, 7) is 0. The van der Waals surface area contributed by atoms with Crippen molar-refractivity contribution >= 4 is 96.9 Å². The fraction of sp³-hybridized carbons (Fsp3) is 0. The van der Waals surface area contributed by atoms with Gasteiger partial charge in [0, 0.05) is 41.9 Å². The molecule has 11 aromatic rings. The second-order valence-electron chi connectivity index (χ2n) is 12.1. The molecule has 0 saturated heterocycles. The molecule has 0 aliphatic heterocycles. The van der Waals surface area contributed by atoms with Crippen molar-refractivity contribution in [3.8, 4) is 17.2 Å². The average Bonchev–Trinajstić information content (AvgIpc) is 3.81. The Labute approximate surface area is 271 Å². The number of fused-ring (bicyclic) bond motifs is 14. The van der Waals surface area contributed by atoms with E-state index in [2.05, 4.69) is 108 Å². The molecule has 0 unspecified atom stereocenters. The summed E-state index contributed by atoms with van der Waals surface area (Å²) in [6.07, 6.45) is 0. The van der Waals surface area contributed by atoms with E-state index in [-0.39, 0.29) is 0 Å². The highest BCUT2D eigenvalue weighted by Crippen LogP contribution is 2.44. The summed E-state index contributed by atoms with van der Waals surface area (Å²) in [5.74, 6) is 0.626. The summed E-state index contributed by atoms with van der Waals surface area (Å²) in [6, 6.07) is 49.4. The Kier molecular flexibility index (Phi) is 4.96. The van der Waals surface area contributed by atoms with Crippen LogP contribution in [0.15, 0.2) is 144 Å². The van der Waals surface area contributed by atoms with Gasteiger partial charge in [0.15, 0.2) is 5.58 Å². The average molecular weight is 618 g/mol. The van der Waals surface area contributed by atoms with Gasteiger partial charge in [-0.15, -0.1) is 11.3 Å². The molecule has 4 heterocycles. The van der Waals surface area contributed by atoms with Gasteiger partial charge in [-0.1, -0.05) is 103 Å². The van der Waals surface area contributed by atoms with E-state index in [1.54, 1.807) is 0 Å². The van der Waals surface area contributed by atoms with Gasteiger partial charge in [-0.2, -0.15) is 0 Å². The summed E-state index contributed by atoms with van der Waals surface area (Å²) < 4.78 is 11.3.